The van der Waals surface area contributed by atoms with Crippen LogP contribution in [0.1, 0.15) is 43.0 Å². The lowest BCUT2D eigenvalue weighted by Gasteiger charge is -2.49. The molecule has 0 spiro atoms. The third kappa shape index (κ3) is 4.37. The second kappa shape index (κ2) is 7.95. The van der Waals surface area contributed by atoms with Gasteiger partial charge in [0.05, 0.1) is 0 Å². The fraction of sp³-hybridized carbons (Fsp3) is 0.579. The molecule has 2 aliphatic rings. The largest absolute Gasteiger partial charge is 0.352 e. The van der Waals surface area contributed by atoms with Crippen LogP contribution in [-0.4, -0.2) is 59.9 Å². The van der Waals surface area contributed by atoms with E-state index in [1.807, 2.05) is 4.90 Å². The van der Waals surface area contributed by atoms with Crippen molar-refractivity contribution in [3.8, 4) is 0 Å². The van der Waals surface area contributed by atoms with Gasteiger partial charge < -0.3 is 10.2 Å². The van der Waals surface area contributed by atoms with Crippen molar-refractivity contribution in [2.45, 2.75) is 44.7 Å². The maximum absolute atomic E-state index is 12.8. The summed E-state index contributed by atoms with van der Waals surface area (Å²) in [4.78, 5) is 28.5. The highest BCUT2D eigenvalue weighted by molar-refractivity contribution is 5.94. The third-order valence-corrected chi connectivity index (χ3v) is 5.27. The van der Waals surface area contributed by atoms with Crippen LogP contribution in [-0.2, 0) is 4.79 Å². The first kappa shape index (κ1) is 17.9. The van der Waals surface area contributed by atoms with Crippen LogP contribution >= 0.6 is 0 Å². The normalized spacial score (nSPS) is 21.7. The predicted molar refractivity (Wildman–Crippen MR) is 93.7 cm³/mol. The Hall–Kier alpha value is -1.95. The van der Waals surface area contributed by atoms with E-state index in [1.54, 1.807) is 0 Å². The Balaban J connectivity index is 1.36. The molecule has 0 radical (unpaired) electrons. The van der Waals surface area contributed by atoms with E-state index < -0.39 is 0 Å². The zero-order valence-corrected chi connectivity index (χ0v) is 14.7. The first-order chi connectivity index (χ1) is 12.0. The fourth-order valence-electron chi connectivity index (χ4n) is 3.68. The van der Waals surface area contributed by atoms with Crippen LogP contribution in [0.4, 0.5) is 4.39 Å². The summed E-state index contributed by atoms with van der Waals surface area (Å²) in [5.41, 5.74) is 0.400. The molecule has 2 fully saturated rings. The summed E-state index contributed by atoms with van der Waals surface area (Å²) in [5.74, 6) is -0.571. The van der Waals surface area contributed by atoms with Crippen molar-refractivity contribution in [1.82, 2.24) is 15.1 Å². The van der Waals surface area contributed by atoms with E-state index in [4.69, 9.17) is 0 Å². The molecular weight excluding hydrogens is 321 g/mol. The zero-order chi connectivity index (χ0) is 17.8. The van der Waals surface area contributed by atoms with Crippen LogP contribution < -0.4 is 5.32 Å². The van der Waals surface area contributed by atoms with E-state index in [9.17, 15) is 14.0 Å². The van der Waals surface area contributed by atoms with Gasteiger partial charge in [-0.05, 0) is 50.6 Å². The number of hydrogen-bond acceptors (Lipinski definition) is 3. The Morgan fingerprint density at radius 2 is 1.92 bits per heavy atom. The fourth-order valence-corrected chi connectivity index (χ4v) is 3.68. The second-order valence-electron chi connectivity index (χ2n) is 7.05. The number of hydrogen-bond donors (Lipinski definition) is 1. The second-order valence-corrected chi connectivity index (χ2v) is 7.05. The molecule has 0 aliphatic carbocycles. The minimum Gasteiger partial charge on any atom is -0.352 e. The molecule has 1 N–H and O–H groups in total. The summed E-state index contributed by atoms with van der Waals surface area (Å²) in [6.07, 6.45) is 4.11. The van der Waals surface area contributed by atoms with Crippen molar-refractivity contribution in [3.05, 3.63) is 35.6 Å². The highest BCUT2D eigenvalue weighted by Crippen LogP contribution is 2.24. The first-order valence-electron chi connectivity index (χ1n) is 9.12. The molecule has 1 atom stereocenters. The van der Waals surface area contributed by atoms with E-state index in [-0.39, 0.29) is 17.6 Å². The van der Waals surface area contributed by atoms with E-state index in [0.717, 1.165) is 19.6 Å². The minimum absolute atomic E-state index is 0.0836. The highest BCUT2D eigenvalue weighted by atomic mass is 19.1. The number of nitrogens with one attached hydrogen (secondary N) is 1. The Morgan fingerprint density at radius 3 is 2.60 bits per heavy atom. The summed E-state index contributed by atoms with van der Waals surface area (Å²) in [7, 11) is 0. The van der Waals surface area contributed by atoms with E-state index in [0.29, 0.717) is 30.6 Å². The molecule has 1 unspecified atom stereocenters. The summed E-state index contributed by atoms with van der Waals surface area (Å²) in [5, 5.41) is 2.71. The molecule has 136 valence electrons. The van der Waals surface area contributed by atoms with Crippen LogP contribution in [0.5, 0.6) is 0 Å². The molecule has 2 aliphatic heterocycles. The third-order valence-electron chi connectivity index (χ3n) is 5.27. The molecule has 2 saturated heterocycles. The summed E-state index contributed by atoms with van der Waals surface area (Å²) < 4.78 is 12.8. The van der Waals surface area contributed by atoms with E-state index in [2.05, 4.69) is 17.1 Å². The number of halogens is 1. The van der Waals surface area contributed by atoms with Gasteiger partial charge in [-0.15, -0.1) is 0 Å². The molecule has 0 aromatic heterocycles. The summed E-state index contributed by atoms with van der Waals surface area (Å²) >= 11 is 0. The van der Waals surface area contributed by atoms with Gasteiger partial charge in [0.1, 0.15) is 5.82 Å². The standard InChI is InChI=1S/C19H26FN3O2/c1-14-4-2-3-11-23(14)17-12-22(13-17)18(24)9-10-21-19(25)15-5-7-16(20)8-6-15/h5-8,14,17H,2-4,9-13H2,1H3,(H,21,25). The number of piperidine rings is 1. The van der Waals surface area contributed by atoms with Crippen LogP contribution in [0.2, 0.25) is 0 Å². The van der Waals surface area contributed by atoms with Crippen molar-refractivity contribution in [2.75, 3.05) is 26.2 Å². The first-order valence-corrected chi connectivity index (χ1v) is 9.12. The monoisotopic (exact) mass is 347 g/mol. The molecule has 2 amide bonds. The minimum atomic E-state index is -0.373. The molecule has 25 heavy (non-hydrogen) atoms. The average Bonchev–Trinajstić information content (AvgIpc) is 2.56. The van der Waals surface area contributed by atoms with E-state index >= 15 is 0 Å². The van der Waals surface area contributed by atoms with Crippen molar-refractivity contribution >= 4 is 11.8 Å². The number of carbonyl (C=O) groups excluding carboxylic acids is 2. The van der Waals surface area contributed by atoms with Crippen molar-refractivity contribution < 1.29 is 14.0 Å². The van der Waals surface area contributed by atoms with Gasteiger partial charge in [-0.3, -0.25) is 14.5 Å². The van der Waals surface area contributed by atoms with Crippen molar-refractivity contribution in [2.24, 2.45) is 0 Å². The number of nitrogens with zero attached hydrogens (tertiary/aromatic N) is 2. The number of carbonyl (C=O) groups is 2. The Labute approximate surface area is 148 Å². The molecular formula is C19H26FN3O2. The molecule has 1 aromatic carbocycles. The van der Waals surface area contributed by atoms with Crippen LogP contribution in [0.3, 0.4) is 0 Å². The quantitative estimate of drug-likeness (QED) is 0.887. The van der Waals surface area contributed by atoms with Gasteiger partial charge in [-0.1, -0.05) is 6.42 Å². The highest BCUT2D eigenvalue weighted by Gasteiger charge is 2.36. The maximum Gasteiger partial charge on any atom is 0.251 e. The van der Waals surface area contributed by atoms with Crippen LogP contribution in [0, 0.1) is 5.82 Å². The van der Waals surface area contributed by atoms with Gasteiger partial charge in [0.15, 0.2) is 0 Å². The lowest BCUT2D eigenvalue weighted by Crippen LogP contribution is -2.63. The topological polar surface area (TPSA) is 52.6 Å². The number of benzene rings is 1. The Kier molecular flexibility index (Phi) is 5.68. The van der Waals surface area contributed by atoms with Crippen LogP contribution in [0.25, 0.3) is 0 Å². The lowest BCUT2D eigenvalue weighted by molar-refractivity contribution is -0.139. The predicted octanol–water partition coefficient (Wildman–Crippen LogP) is 2.03. The molecule has 6 heteroatoms. The summed E-state index contributed by atoms with van der Waals surface area (Å²) in [6.45, 7) is 5.32. The maximum atomic E-state index is 12.8. The number of rotatable bonds is 5. The zero-order valence-electron chi connectivity index (χ0n) is 14.7. The molecule has 1 aromatic rings. The van der Waals surface area contributed by atoms with Gasteiger partial charge in [-0.2, -0.15) is 0 Å². The SMILES string of the molecule is CC1CCCCN1C1CN(C(=O)CCNC(=O)c2ccc(F)cc2)C1. The van der Waals surface area contributed by atoms with Gasteiger partial charge in [0.25, 0.3) is 5.91 Å². The molecule has 0 bridgehead atoms. The molecule has 0 saturated carbocycles. The smallest absolute Gasteiger partial charge is 0.251 e. The molecule has 2 heterocycles. The van der Waals surface area contributed by atoms with E-state index in [1.165, 1.54) is 43.5 Å². The van der Waals surface area contributed by atoms with Gasteiger partial charge in [0.2, 0.25) is 5.91 Å². The van der Waals surface area contributed by atoms with Gasteiger partial charge in [0, 0.05) is 43.7 Å². The molecule has 3 rings (SSSR count). The lowest BCUT2D eigenvalue weighted by atomic mass is 9.97. The number of amides is 2. The molecule has 5 nitrogen and oxygen atoms in total. The number of likely N-dealkylation sites (tertiary alicyclic amines) is 2. The van der Waals surface area contributed by atoms with Crippen molar-refractivity contribution in [1.29, 1.82) is 0 Å². The summed E-state index contributed by atoms with van der Waals surface area (Å²) in [6, 6.07) is 6.49. The van der Waals surface area contributed by atoms with Crippen LogP contribution in [0.15, 0.2) is 24.3 Å². The Bertz CT molecular complexity index is 614. The Morgan fingerprint density at radius 1 is 1.20 bits per heavy atom. The van der Waals surface area contributed by atoms with Crippen molar-refractivity contribution in [3.63, 3.8) is 0 Å². The average molecular weight is 347 g/mol. The van der Waals surface area contributed by atoms with Gasteiger partial charge in [-0.25, -0.2) is 4.39 Å². The van der Waals surface area contributed by atoms with Gasteiger partial charge >= 0.3 is 0 Å².